The van der Waals surface area contributed by atoms with Crippen molar-refractivity contribution in [3.05, 3.63) is 89.5 Å². The number of amides is 1. The molecule has 0 aromatic heterocycles. The van der Waals surface area contributed by atoms with Gasteiger partial charge in [0.1, 0.15) is 5.75 Å². The van der Waals surface area contributed by atoms with Crippen molar-refractivity contribution >= 4 is 5.91 Å². The van der Waals surface area contributed by atoms with Gasteiger partial charge in [-0.15, -0.1) is 0 Å². The lowest BCUT2D eigenvalue weighted by molar-refractivity contribution is 0.0952. The number of benzene rings is 3. The fourth-order valence-corrected chi connectivity index (χ4v) is 4.74. The molecule has 3 aromatic carbocycles. The summed E-state index contributed by atoms with van der Waals surface area (Å²) < 4.78 is 5.53. The number of hydrogen-bond acceptors (Lipinski definition) is 3. The Kier molecular flexibility index (Phi) is 7.79. The molecule has 1 amide bonds. The van der Waals surface area contributed by atoms with E-state index in [9.17, 15) is 4.79 Å². The van der Waals surface area contributed by atoms with Crippen LogP contribution < -0.4 is 10.1 Å². The third-order valence-corrected chi connectivity index (χ3v) is 6.73. The van der Waals surface area contributed by atoms with E-state index in [1.165, 1.54) is 17.5 Å². The zero-order chi connectivity index (χ0) is 23.0. The summed E-state index contributed by atoms with van der Waals surface area (Å²) in [5.41, 5.74) is 5.79. The molecule has 0 heterocycles. The number of methoxy groups -OCH3 is 1. The van der Waals surface area contributed by atoms with E-state index in [1.54, 1.807) is 7.11 Å². The van der Waals surface area contributed by atoms with Crippen molar-refractivity contribution < 1.29 is 9.53 Å². The number of carbonyl (C=O) groups is 1. The molecule has 1 aliphatic carbocycles. The van der Waals surface area contributed by atoms with Gasteiger partial charge >= 0.3 is 0 Å². The average molecular weight is 443 g/mol. The number of unbranched alkanes of at least 4 members (excludes halogenated alkanes) is 1. The van der Waals surface area contributed by atoms with Crippen LogP contribution in [0.25, 0.3) is 11.1 Å². The number of likely N-dealkylation sites (N-methyl/N-ethyl adjacent to an activating group) is 1. The van der Waals surface area contributed by atoms with Gasteiger partial charge in [0, 0.05) is 18.2 Å². The van der Waals surface area contributed by atoms with Gasteiger partial charge in [-0.2, -0.15) is 0 Å². The first-order valence-electron chi connectivity index (χ1n) is 11.9. The predicted octanol–water partition coefficient (Wildman–Crippen LogP) is 5.36. The highest BCUT2D eigenvalue weighted by atomic mass is 16.5. The van der Waals surface area contributed by atoms with E-state index in [0.717, 1.165) is 49.1 Å². The number of hydrogen-bond donors (Lipinski definition) is 1. The SMILES string of the molecule is COc1cccc2c1CC[C@H](N(C)CCCCNC(=O)c1ccc(-c3ccccc3)cc1)C2. The molecule has 0 bridgehead atoms. The molecule has 3 aromatic rings. The van der Waals surface area contributed by atoms with E-state index in [-0.39, 0.29) is 5.91 Å². The van der Waals surface area contributed by atoms with Crippen LogP contribution in [0.2, 0.25) is 0 Å². The molecule has 4 heteroatoms. The van der Waals surface area contributed by atoms with Gasteiger partial charge < -0.3 is 15.0 Å². The maximum atomic E-state index is 12.5. The van der Waals surface area contributed by atoms with Crippen LogP contribution >= 0.6 is 0 Å². The third-order valence-electron chi connectivity index (χ3n) is 6.73. The van der Waals surface area contributed by atoms with Gasteiger partial charge in [0.2, 0.25) is 0 Å². The average Bonchev–Trinajstić information content (AvgIpc) is 2.88. The van der Waals surface area contributed by atoms with Gasteiger partial charge in [0.25, 0.3) is 5.91 Å². The fraction of sp³-hybridized carbons (Fsp3) is 0.345. The molecule has 4 rings (SSSR count). The molecular weight excluding hydrogens is 408 g/mol. The van der Waals surface area contributed by atoms with Gasteiger partial charge in [-0.05, 0) is 86.1 Å². The lowest BCUT2D eigenvalue weighted by Gasteiger charge is -2.33. The van der Waals surface area contributed by atoms with Crippen LogP contribution in [0.15, 0.2) is 72.8 Å². The summed E-state index contributed by atoms with van der Waals surface area (Å²) in [6, 6.07) is 25.0. The minimum atomic E-state index is 0.000742. The number of nitrogens with one attached hydrogen (secondary N) is 1. The van der Waals surface area contributed by atoms with Gasteiger partial charge in [0.15, 0.2) is 0 Å². The van der Waals surface area contributed by atoms with Gasteiger partial charge in [-0.3, -0.25) is 4.79 Å². The molecule has 0 spiro atoms. The third kappa shape index (κ3) is 5.82. The highest BCUT2D eigenvalue weighted by Crippen LogP contribution is 2.31. The Hall–Kier alpha value is -3.11. The van der Waals surface area contributed by atoms with Crippen LogP contribution in [0.4, 0.5) is 0 Å². The van der Waals surface area contributed by atoms with E-state index in [4.69, 9.17) is 4.74 Å². The van der Waals surface area contributed by atoms with E-state index >= 15 is 0 Å². The Morgan fingerprint density at radius 2 is 1.73 bits per heavy atom. The summed E-state index contributed by atoms with van der Waals surface area (Å²) in [4.78, 5) is 15.0. The second-order valence-electron chi connectivity index (χ2n) is 8.88. The molecule has 1 N–H and O–H groups in total. The Labute approximate surface area is 197 Å². The van der Waals surface area contributed by atoms with Crippen molar-refractivity contribution in [2.24, 2.45) is 0 Å². The fourth-order valence-electron chi connectivity index (χ4n) is 4.74. The molecule has 0 fully saturated rings. The van der Waals surface area contributed by atoms with Crippen LogP contribution in [0.3, 0.4) is 0 Å². The maximum Gasteiger partial charge on any atom is 0.251 e. The first-order valence-corrected chi connectivity index (χ1v) is 11.9. The van der Waals surface area contributed by atoms with E-state index in [1.807, 2.05) is 42.5 Å². The van der Waals surface area contributed by atoms with Crippen molar-refractivity contribution in [1.29, 1.82) is 0 Å². The smallest absolute Gasteiger partial charge is 0.251 e. The van der Waals surface area contributed by atoms with Gasteiger partial charge in [0.05, 0.1) is 7.11 Å². The molecule has 33 heavy (non-hydrogen) atoms. The Morgan fingerprint density at radius 3 is 2.48 bits per heavy atom. The van der Waals surface area contributed by atoms with Crippen molar-refractivity contribution in [2.45, 2.75) is 38.1 Å². The lowest BCUT2D eigenvalue weighted by atomic mass is 9.87. The maximum absolute atomic E-state index is 12.5. The molecule has 1 atom stereocenters. The number of rotatable bonds is 9. The van der Waals surface area contributed by atoms with Gasteiger partial charge in [-0.1, -0.05) is 54.6 Å². The molecule has 1 aliphatic rings. The highest BCUT2D eigenvalue weighted by molar-refractivity contribution is 5.94. The highest BCUT2D eigenvalue weighted by Gasteiger charge is 2.23. The summed E-state index contributed by atoms with van der Waals surface area (Å²) in [5.74, 6) is 1.03. The summed E-state index contributed by atoms with van der Waals surface area (Å²) in [7, 11) is 3.98. The number of ether oxygens (including phenoxy) is 1. The minimum Gasteiger partial charge on any atom is -0.496 e. The quantitative estimate of drug-likeness (QED) is 0.454. The molecule has 0 unspecified atom stereocenters. The zero-order valence-electron chi connectivity index (χ0n) is 19.7. The predicted molar refractivity (Wildman–Crippen MR) is 135 cm³/mol. The molecular formula is C29H34N2O2. The van der Waals surface area contributed by atoms with Crippen LogP contribution in [-0.4, -0.2) is 44.1 Å². The molecule has 172 valence electrons. The lowest BCUT2D eigenvalue weighted by Crippen LogP contribution is -2.37. The summed E-state index contributed by atoms with van der Waals surface area (Å²) in [5, 5.41) is 3.07. The Balaban J connectivity index is 1.18. The standard InChI is InChI=1S/C29H34N2O2/c1-31(26-17-18-27-25(21-26)11-8-12-28(27)33-2)20-7-6-19-30-29(32)24-15-13-23(14-16-24)22-9-4-3-5-10-22/h3-5,8-16,26H,6-7,17-21H2,1-2H3,(H,30,32)/t26-/m0/s1. The monoisotopic (exact) mass is 442 g/mol. The normalized spacial score (nSPS) is 15.2. The summed E-state index contributed by atoms with van der Waals surface area (Å²) in [6.45, 7) is 1.75. The molecule has 0 saturated heterocycles. The number of carbonyl (C=O) groups excluding carboxylic acids is 1. The van der Waals surface area contributed by atoms with Crippen molar-refractivity contribution in [1.82, 2.24) is 10.2 Å². The topological polar surface area (TPSA) is 41.6 Å². The minimum absolute atomic E-state index is 0.000742. The number of fused-ring (bicyclic) bond motifs is 1. The summed E-state index contributed by atoms with van der Waals surface area (Å²) >= 11 is 0. The largest absolute Gasteiger partial charge is 0.496 e. The van der Waals surface area contributed by atoms with E-state index < -0.39 is 0 Å². The van der Waals surface area contributed by atoms with Gasteiger partial charge in [-0.25, -0.2) is 0 Å². The first kappa shape index (κ1) is 23.1. The Morgan fingerprint density at radius 1 is 0.970 bits per heavy atom. The molecule has 4 nitrogen and oxygen atoms in total. The molecule has 0 saturated carbocycles. The first-order chi connectivity index (χ1) is 16.2. The van der Waals surface area contributed by atoms with Crippen molar-refractivity contribution in [3.63, 3.8) is 0 Å². The van der Waals surface area contributed by atoms with E-state index in [0.29, 0.717) is 18.2 Å². The Bertz CT molecular complexity index is 1050. The van der Waals surface area contributed by atoms with Crippen molar-refractivity contribution in [2.75, 3.05) is 27.2 Å². The van der Waals surface area contributed by atoms with Crippen LogP contribution in [0.5, 0.6) is 5.75 Å². The molecule has 0 radical (unpaired) electrons. The summed E-state index contributed by atoms with van der Waals surface area (Å²) in [6.07, 6.45) is 5.38. The zero-order valence-corrected chi connectivity index (χ0v) is 19.7. The second-order valence-corrected chi connectivity index (χ2v) is 8.88. The van der Waals surface area contributed by atoms with Crippen LogP contribution in [0, 0.1) is 0 Å². The van der Waals surface area contributed by atoms with Crippen LogP contribution in [0.1, 0.15) is 40.7 Å². The second kappa shape index (κ2) is 11.2. The molecule has 0 aliphatic heterocycles. The number of nitrogens with zero attached hydrogens (tertiary/aromatic N) is 1. The van der Waals surface area contributed by atoms with Crippen LogP contribution in [-0.2, 0) is 12.8 Å². The van der Waals surface area contributed by atoms with E-state index in [2.05, 4.69) is 47.6 Å². The van der Waals surface area contributed by atoms with Crippen molar-refractivity contribution in [3.8, 4) is 16.9 Å².